The first-order valence-electron chi connectivity index (χ1n) is 7.75. The summed E-state index contributed by atoms with van der Waals surface area (Å²) < 4.78 is 61.7. The van der Waals surface area contributed by atoms with Crippen molar-refractivity contribution >= 4 is 22.1 Å². The zero-order valence-corrected chi connectivity index (χ0v) is 13.7. The number of rotatable bonds is 6. The van der Waals surface area contributed by atoms with Crippen molar-refractivity contribution in [3.63, 3.8) is 0 Å². The minimum Gasteiger partial charge on any atom is -0.481 e. The maximum atomic E-state index is 13.5. The second-order valence-corrected chi connectivity index (χ2v) is 8.23. The molecule has 138 valence electrons. The number of carbonyl (C=O) groups excluding carboxylic acids is 1. The predicted molar refractivity (Wildman–Crippen MR) is 76.9 cm³/mol. The maximum Gasteiger partial charge on any atom is 0.465 e. The van der Waals surface area contributed by atoms with Crippen LogP contribution in [0, 0.1) is 11.8 Å². The second-order valence-electron chi connectivity index (χ2n) is 6.77. The number of carboxylic acid groups (broad SMARTS) is 1. The molecule has 0 spiro atoms. The summed E-state index contributed by atoms with van der Waals surface area (Å²) in [5.74, 6) is -3.20. The molecule has 0 radical (unpaired) electrons. The summed E-state index contributed by atoms with van der Waals surface area (Å²) in [4.78, 5) is 22.4. The van der Waals surface area contributed by atoms with E-state index in [0.29, 0.717) is 25.7 Å². The van der Waals surface area contributed by atoms with Crippen molar-refractivity contribution in [2.24, 2.45) is 11.8 Å². The van der Waals surface area contributed by atoms with E-state index in [1.807, 2.05) is 0 Å². The number of halogens is 2. The molecular weight excluding hydrogens is 350 g/mol. The average Bonchev–Trinajstić information content (AvgIpc) is 2.43. The number of alkyl halides is 2. The molecule has 10 heteroatoms. The monoisotopic (exact) mass is 370 g/mol. The largest absolute Gasteiger partial charge is 0.481 e. The molecule has 2 aliphatic carbocycles. The van der Waals surface area contributed by atoms with Gasteiger partial charge < -0.3 is 9.84 Å². The SMILES string of the molecule is O=C(O)CCC1CC2CCCC(OC(=O)C(F)(F)S(=O)(=O)O)(C2)C1. The fourth-order valence-corrected chi connectivity index (χ4v) is 4.21. The number of esters is 1. The third-order valence-corrected chi connectivity index (χ3v) is 5.68. The van der Waals surface area contributed by atoms with E-state index in [4.69, 9.17) is 14.4 Å². The fourth-order valence-electron chi connectivity index (χ4n) is 3.95. The van der Waals surface area contributed by atoms with Crippen LogP contribution in [-0.2, 0) is 24.4 Å². The summed E-state index contributed by atoms with van der Waals surface area (Å²) in [5.41, 5.74) is -1.21. The summed E-state index contributed by atoms with van der Waals surface area (Å²) in [6, 6.07) is 0. The van der Waals surface area contributed by atoms with E-state index in [9.17, 15) is 26.8 Å². The van der Waals surface area contributed by atoms with Gasteiger partial charge in [0.05, 0.1) is 0 Å². The molecule has 0 amide bonds. The minimum atomic E-state index is -5.90. The van der Waals surface area contributed by atoms with Crippen LogP contribution in [0.15, 0.2) is 0 Å². The third kappa shape index (κ3) is 4.02. The molecule has 3 atom stereocenters. The normalized spacial score (nSPS) is 30.6. The van der Waals surface area contributed by atoms with Gasteiger partial charge in [-0.2, -0.15) is 17.2 Å². The predicted octanol–water partition coefficient (Wildman–Crippen LogP) is 2.21. The molecule has 2 aliphatic rings. The Hall–Kier alpha value is -1.29. The summed E-state index contributed by atoms with van der Waals surface area (Å²) in [5, 5.41) is 3.76. The number of hydrogen-bond acceptors (Lipinski definition) is 5. The van der Waals surface area contributed by atoms with Crippen molar-refractivity contribution in [2.45, 2.75) is 62.2 Å². The Labute approximate surface area is 138 Å². The van der Waals surface area contributed by atoms with Gasteiger partial charge in [0.25, 0.3) is 0 Å². The van der Waals surface area contributed by atoms with Crippen LogP contribution in [0.3, 0.4) is 0 Å². The highest BCUT2D eigenvalue weighted by atomic mass is 32.2. The topological polar surface area (TPSA) is 118 Å². The Kier molecular flexibility index (Phi) is 5.19. The summed E-state index contributed by atoms with van der Waals surface area (Å²) in [7, 11) is -5.90. The van der Waals surface area contributed by atoms with E-state index in [1.54, 1.807) is 0 Å². The lowest BCUT2D eigenvalue weighted by Gasteiger charge is -2.47. The molecule has 24 heavy (non-hydrogen) atoms. The van der Waals surface area contributed by atoms with E-state index in [-0.39, 0.29) is 24.7 Å². The Balaban J connectivity index is 2.14. The summed E-state index contributed by atoms with van der Waals surface area (Å²) >= 11 is 0. The molecule has 0 aromatic carbocycles. The minimum absolute atomic E-state index is 0.0669. The zero-order valence-electron chi connectivity index (χ0n) is 12.9. The zero-order chi connectivity index (χ0) is 18.2. The van der Waals surface area contributed by atoms with Crippen LogP contribution in [0.4, 0.5) is 8.78 Å². The van der Waals surface area contributed by atoms with Crippen molar-refractivity contribution in [2.75, 3.05) is 0 Å². The van der Waals surface area contributed by atoms with Crippen molar-refractivity contribution in [3.05, 3.63) is 0 Å². The molecule has 0 aliphatic heterocycles. The third-order valence-electron chi connectivity index (χ3n) is 4.87. The van der Waals surface area contributed by atoms with Crippen LogP contribution in [0.25, 0.3) is 0 Å². The van der Waals surface area contributed by atoms with Gasteiger partial charge in [0, 0.05) is 6.42 Å². The van der Waals surface area contributed by atoms with Crippen molar-refractivity contribution in [1.82, 2.24) is 0 Å². The Morgan fingerprint density at radius 1 is 1.29 bits per heavy atom. The first-order chi connectivity index (χ1) is 11.0. The standard InChI is InChI=1S/C14H20F2O7S/c15-14(16,24(20,21)22)12(19)23-13-5-1-2-9(7-13)6-10(8-13)3-4-11(17)18/h9-10H,1-8H2,(H,17,18)(H,20,21,22). The number of aliphatic carboxylic acids is 1. The Morgan fingerprint density at radius 2 is 1.96 bits per heavy atom. The molecule has 0 aromatic rings. The highest BCUT2D eigenvalue weighted by molar-refractivity contribution is 7.87. The van der Waals surface area contributed by atoms with Crippen LogP contribution in [0.5, 0.6) is 0 Å². The molecule has 2 bridgehead atoms. The molecule has 0 aromatic heterocycles. The van der Waals surface area contributed by atoms with Gasteiger partial charge in [-0.25, -0.2) is 4.79 Å². The van der Waals surface area contributed by atoms with Gasteiger partial charge in [0.2, 0.25) is 0 Å². The average molecular weight is 370 g/mol. The first kappa shape index (κ1) is 19.0. The highest BCUT2D eigenvalue weighted by Crippen LogP contribution is 2.49. The van der Waals surface area contributed by atoms with E-state index in [1.165, 1.54) is 0 Å². The summed E-state index contributed by atoms with van der Waals surface area (Å²) in [6.07, 6.45) is 3.40. The first-order valence-corrected chi connectivity index (χ1v) is 9.19. The smallest absolute Gasteiger partial charge is 0.465 e. The van der Waals surface area contributed by atoms with Crippen molar-refractivity contribution < 1.29 is 41.2 Å². The number of fused-ring (bicyclic) bond motifs is 2. The quantitative estimate of drug-likeness (QED) is 0.543. The molecule has 2 N–H and O–H groups in total. The number of ether oxygens (including phenoxy) is 1. The molecule has 2 saturated carbocycles. The Bertz CT molecular complexity index is 619. The van der Waals surface area contributed by atoms with E-state index in [0.717, 1.165) is 12.8 Å². The molecule has 2 rings (SSSR count). The van der Waals surface area contributed by atoms with Crippen LogP contribution in [-0.4, -0.2) is 40.9 Å². The van der Waals surface area contributed by atoms with E-state index >= 15 is 0 Å². The Morgan fingerprint density at radius 3 is 2.54 bits per heavy atom. The van der Waals surface area contributed by atoms with E-state index < -0.39 is 32.9 Å². The van der Waals surface area contributed by atoms with Crippen molar-refractivity contribution in [1.29, 1.82) is 0 Å². The molecule has 0 saturated heterocycles. The maximum absolute atomic E-state index is 13.5. The number of carbonyl (C=O) groups is 2. The van der Waals surface area contributed by atoms with Gasteiger partial charge >= 0.3 is 27.3 Å². The van der Waals surface area contributed by atoms with Gasteiger partial charge in [-0.3, -0.25) is 9.35 Å². The van der Waals surface area contributed by atoms with Crippen LogP contribution in [0.2, 0.25) is 0 Å². The van der Waals surface area contributed by atoms with Gasteiger partial charge in [-0.05, 0) is 50.4 Å². The summed E-state index contributed by atoms with van der Waals surface area (Å²) in [6.45, 7) is 0. The lowest BCUT2D eigenvalue weighted by Crippen LogP contribution is -2.50. The number of carboxylic acids is 1. The van der Waals surface area contributed by atoms with Crippen LogP contribution < -0.4 is 0 Å². The van der Waals surface area contributed by atoms with Gasteiger partial charge in [0.15, 0.2) is 0 Å². The molecule has 7 nitrogen and oxygen atoms in total. The van der Waals surface area contributed by atoms with Gasteiger partial charge in [0.1, 0.15) is 5.60 Å². The fraction of sp³-hybridized carbons (Fsp3) is 0.857. The van der Waals surface area contributed by atoms with Crippen LogP contribution >= 0.6 is 0 Å². The highest BCUT2D eigenvalue weighted by Gasteiger charge is 2.57. The number of hydrogen-bond donors (Lipinski definition) is 2. The van der Waals surface area contributed by atoms with Gasteiger partial charge in [-0.15, -0.1) is 0 Å². The second kappa shape index (κ2) is 6.55. The van der Waals surface area contributed by atoms with E-state index in [2.05, 4.69) is 0 Å². The van der Waals surface area contributed by atoms with Crippen molar-refractivity contribution in [3.8, 4) is 0 Å². The molecule has 2 fully saturated rings. The van der Waals surface area contributed by atoms with Crippen LogP contribution in [0.1, 0.15) is 51.4 Å². The lowest BCUT2D eigenvalue weighted by atomic mass is 9.64. The molecule has 3 unspecified atom stereocenters. The van der Waals surface area contributed by atoms with Gasteiger partial charge in [-0.1, -0.05) is 6.42 Å². The molecule has 0 heterocycles. The molecular formula is C14H20F2O7S. The lowest BCUT2D eigenvalue weighted by molar-refractivity contribution is -0.190.